The van der Waals surface area contributed by atoms with E-state index in [0.717, 1.165) is 44.9 Å². The Kier molecular flexibility index (Phi) is 3.61. The Morgan fingerprint density at radius 1 is 0.741 bits per heavy atom. The molecule has 5 aromatic rings. The van der Waals surface area contributed by atoms with Crippen LogP contribution in [0.2, 0.25) is 0 Å². The van der Waals surface area contributed by atoms with Gasteiger partial charge in [0.1, 0.15) is 11.4 Å². The van der Waals surface area contributed by atoms with E-state index < -0.39 is 0 Å². The Balaban J connectivity index is 1.83. The number of imidazole rings is 1. The Hall–Kier alpha value is -3.66. The summed E-state index contributed by atoms with van der Waals surface area (Å²) in [5.41, 5.74) is 6.73. The fourth-order valence-electron chi connectivity index (χ4n) is 3.35. The van der Waals surface area contributed by atoms with Gasteiger partial charge in [-0.1, -0.05) is 42.5 Å². The summed E-state index contributed by atoms with van der Waals surface area (Å²) < 4.78 is 7.42. The summed E-state index contributed by atoms with van der Waals surface area (Å²) in [5, 5.41) is 0. The number of para-hydroxylation sites is 2. The van der Waals surface area contributed by atoms with Crippen LogP contribution in [-0.2, 0) is 0 Å². The molecule has 130 valence electrons. The third-order valence-corrected chi connectivity index (χ3v) is 4.72. The van der Waals surface area contributed by atoms with Crippen molar-refractivity contribution < 1.29 is 4.74 Å². The number of ether oxygens (including phenoxy) is 1. The minimum absolute atomic E-state index is 0.822. The van der Waals surface area contributed by atoms with Crippen molar-refractivity contribution in [1.82, 2.24) is 14.4 Å². The molecule has 4 nitrogen and oxygen atoms in total. The molecule has 0 bridgehead atoms. The van der Waals surface area contributed by atoms with Crippen LogP contribution in [0.15, 0.2) is 85.1 Å². The number of benzene rings is 3. The molecule has 0 aliphatic carbocycles. The molecule has 4 heteroatoms. The van der Waals surface area contributed by atoms with Crippen molar-refractivity contribution in [1.29, 1.82) is 0 Å². The lowest BCUT2D eigenvalue weighted by atomic mass is 10.1. The fraction of sp³-hybridized carbons (Fsp3) is 0.0435. The highest BCUT2D eigenvalue weighted by molar-refractivity contribution is 5.87. The summed E-state index contributed by atoms with van der Waals surface area (Å²) in [6.45, 7) is 0. The molecular weight excluding hydrogens is 334 g/mol. The van der Waals surface area contributed by atoms with E-state index in [4.69, 9.17) is 14.7 Å². The van der Waals surface area contributed by atoms with Gasteiger partial charge in [0.15, 0.2) is 5.65 Å². The van der Waals surface area contributed by atoms with Crippen LogP contribution < -0.4 is 4.74 Å². The van der Waals surface area contributed by atoms with Gasteiger partial charge in [-0.3, -0.25) is 4.40 Å². The zero-order chi connectivity index (χ0) is 18.2. The SMILES string of the molecule is COc1ccc(-c2nc(-c3ccccc3)cn3c2nc2ccccc23)cc1. The molecule has 0 spiro atoms. The average Bonchev–Trinajstić information content (AvgIpc) is 3.12. The van der Waals surface area contributed by atoms with E-state index in [2.05, 4.69) is 28.8 Å². The normalized spacial score (nSPS) is 11.1. The van der Waals surface area contributed by atoms with Crippen LogP contribution in [0.1, 0.15) is 0 Å². The molecule has 0 unspecified atom stereocenters. The van der Waals surface area contributed by atoms with E-state index in [1.165, 1.54) is 0 Å². The molecule has 2 aromatic heterocycles. The monoisotopic (exact) mass is 351 g/mol. The topological polar surface area (TPSA) is 39.4 Å². The largest absolute Gasteiger partial charge is 0.497 e. The van der Waals surface area contributed by atoms with Gasteiger partial charge >= 0.3 is 0 Å². The molecule has 0 saturated heterocycles. The standard InChI is InChI=1S/C23H17N3O/c1-27-18-13-11-17(12-14-18)22-23-25-19-9-5-6-10-21(19)26(23)15-20(24-22)16-7-3-2-4-8-16/h2-15H,1H3. The molecule has 0 aliphatic heterocycles. The summed E-state index contributed by atoms with van der Waals surface area (Å²) in [6, 6.07) is 26.3. The predicted octanol–water partition coefficient (Wildman–Crippen LogP) is 5.23. The van der Waals surface area contributed by atoms with Crippen molar-refractivity contribution >= 4 is 16.7 Å². The van der Waals surface area contributed by atoms with Crippen LogP contribution in [-0.4, -0.2) is 21.5 Å². The molecule has 0 aliphatic rings. The Labute approximate surface area is 156 Å². The number of hydrogen-bond donors (Lipinski definition) is 0. The van der Waals surface area contributed by atoms with Gasteiger partial charge in [-0.25, -0.2) is 9.97 Å². The van der Waals surface area contributed by atoms with Gasteiger partial charge < -0.3 is 4.74 Å². The second-order valence-electron chi connectivity index (χ2n) is 6.36. The van der Waals surface area contributed by atoms with Crippen LogP contribution >= 0.6 is 0 Å². The quantitative estimate of drug-likeness (QED) is 0.447. The molecule has 0 atom stereocenters. The van der Waals surface area contributed by atoms with E-state index in [0.29, 0.717) is 0 Å². The molecule has 0 N–H and O–H groups in total. The van der Waals surface area contributed by atoms with Crippen molar-refractivity contribution in [2.24, 2.45) is 0 Å². The zero-order valence-corrected chi connectivity index (χ0v) is 14.8. The van der Waals surface area contributed by atoms with Gasteiger partial charge in [0.25, 0.3) is 0 Å². The maximum absolute atomic E-state index is 5.29. The summed E-state index contributed by atoms with van der Waals surface area (Å²) in [7, 11) is 1.67. The van der Waals surface area contributed by atoms with Crippen LogP contribution in [0.4, 0.5) is 0 Å². The van der Waals surface area contributed by atoms with Crippen LogP contribution in [0.5, 0.6) is 5.75 Å². The Bertz CT molecular complexity index is 1240. The summed E-state index contributed by atoms with van der Waals surface area (Å²) >= 11 is 0. The smallest absolute Gasteiger partial charge is 0.164 e. The Morgan fingerprint density at radius 3 is 2.26 bits per heavy atom. The maximum Gasteiger partial charge on any atom is 0.164 e. The van der Waals surface area contributed by atoms with E-state index in [-0.39, 0.29) is 0 Å². The average molecular weight is 351 g/mol. The highest BCUT2D eigenvalue weighted by Crippen LogP contribution is 2.30. The van der Waals surface area contributed by atoms with E-state index in [1.54, 1.807) is 7.11 Å². The van der Waals surface area contributed by atoms with E-state index >= 15 is 0 Å². The number of methoxy groups -OCH3 is 1. The first kappa shape index (κ1) is 15.6. The van der Waals surface area contributed by atoms with Crippen molar-refractivity contribution in [3.8, 4) is 28.3 Å². The van der Waals surface area contributed by atoms with Gasteiger partial charge in [-0.15, -0.1) is 0 Å². The molecule has 0 saturated carbocycles. The maximum atomic E-state index is 5.29. The first-order valence-electron chi connectivity index (χ1n) is 8.81. The molecule has 0 radical (unpaired) electrons. The summed E-state index contributed by atoms with van der Waals surface area (Å²) in [4.78, 5) is 9.81. The van der Waals surface area contributed by atoms with Crippen molar-refractivity contribution in [3.63, 3.8) is 0 Å². The van der Waals surface area contributed by atoms with Crippen molar-refractivity contribution in [2.75, 3.05) is 7.11 Å². The van der Waals surface area contributed by atoms with Gasteiger partial charge in [0, 0.05) is 17.3 Å². The Morgan fingerprint density at radius 2 is 1.48 bits per heavy atom. The highest BCUT2D eigenvalue weighted by Gasteiger charge is 2.14. The second-order valence-corrected chi connectivity index (χ2v) is 6.36. The number of aromatic nitrogens is 3. The lowest BCUT2D eigenvalue weighted by Crippen LogP contribution is -1.96. The second kappa shape index (κ2) is 6.25. The van der Waals surface area contributed by atoms with Crippen LogP contribution in [0.25, 0.3) is 39.2 Å². The van der Waals surface area contributed by atoms with E-state index in [9.17, 15) is 0 Å². The minimum atomic E-state index is 0.822. The number of fused-ring (bicyclic) bond motifs is 3. The van der Waals surface area contributed by atoms with Gasteiger partial charge in [0.2, 0.25) is 0 Å². The van der Waals surface area contributed by atoms with Gasteiger partial charge in [-0.05, 0) is 36.4 Å². The first-order chi connectivity index (χ1) is 13.3. The molecule has 5 rings (SSSR count). The third kappa shape index (κ3) is 2.62. The number of rotatable bonds is 3. The highest BCUT2D eigenvalue weighted by atomic mass is 16.5. The van der Waals surface area contributed by atoms with Gasteiger partial charge in [0.05, 0.1) is 23.8 Å². The fourth-order valence-corrected chi connectivity index (χ4v) is 3.35. The first-order valence-corrected chi connectivity index (χ1v) is 8.81. The van der Waals surface area contributed by atoms with Crippen LogP contribution in [0.3, 0.4) is 0 Å². The molecule has 3 aromatic carbocycles. The molecule has 2 heterocycles. The summed E-state index contributed by atoms with van der Waals surface area (Å²) in [6.07, 6.45) is 2.06. The predicted molar refractivity (Wildman–Crippen MR) is 108 cm³/mol. The number of nitrogens with zero attached hydrogens (tertiary/aromatic N) is 3. The molecule has 0 fully saturated rings. The van der Waals surface area contributed by atoms with Crippen LogP contribution in [0, 0.1) is 0 Å². The summed E-state index contributed by atoms with van der Waals surface area (Å²) in [5.74, 6) is 0.822. The lowest BCUT2D eigenvalue weighted by Gasteiger charge is -2.09. The lowest BCUT2D eigenvalue weighted by molar-refractivity contribution is 0.415. The van der Waals surface area contributed by atoms with Crippen molar-refractivity contribution in [3.05, 3.63) is 85.1 Å². The minimum Gasteiger partial charge on any atom is -0.497 e. The zero-order valence-electron chi connectivity index (χ0n) is 14.8. The van der Waals surface area contributed by atoms with E-state index in [1.807, 2.05) is 60.7 Å². The third-order valence-electron chi connectivity index (χ3n) is 4.72. The van der Waals surface area contributed by atoms with Gasteiger partial charge in [-0.2, -0.15) is 0 Å². The number of hydrogen-bond acceptors (Lipinski definition) is 3. The molecule has 0 amide bonds. The van der Waals surface area contributed by atoms with Crippen molar-refractivity contribution in [2.45, 2.75) is 0 Å². The molecule has 27 heavy (non-hydrogen) atoms. The molecular formula is C23H17N3O.